The topological polar surface area (TPSA) is 23.5 Å². The van der Waals surface area contributed by atoms with E-state index in [1.165, 1.54) is 5.56 Å². The van der Waals surface area contributed by atoms with Crippen LogP contribution in [-0.4, -0.2) is 23.6 Å². The zero-order valence-electron chi connectivity index (χ0n) is 8.90. The van der Waals surface area contributed by atoms with E-state index in [0.717, 1.165) is 18.4 Å². The van der Waals surface area contributed by atoms with Crippen LogP contribution in [0.2, 0.25) is 0 Å². The number of fused-ring (bicyclic) bond motifs is 1. The SMILES string of the molecule is C#CCN(C)[C@H]1CCc2c(O)cccc21. The number of terminal acetylenes is 1. The van der Waals surface area contributed by atoms with Crippen molar-refractivity contribution in [2.24, 2.45) is 0 Å². The molecule has 2 rings (SSSR count). The molecule has 0 amide bonds. The van der Waals surface area contributed by atoms with Crippen molar-refractivity contribution < 1.29 is 5.11 Å². The number of hydrogen-bond acceptors (Lipinski definition) is 2. The number of aromatic hydroxyl groups is 1. The molecule has 0 spiro atoms. The largest absolute Gasteiger partial charge is 0.508 e. The van der Waals surface area contributed by atoms with Gasteiger partial charge in [-0.25, -0.2) is 0 Å². The average Bonchev–Trinajstić information content (AvgIpc) is 2.63. The van der Waals surface area contributed by atoms with Crippen molar-refractivity contribution in [3.63, 3.8) is 0 Å². The van der Waals surface area contributed by atoms with Crippen LogP contribution in [0.25, 0.3) is 0 Å². The van der Waals surface area contributed by atoms with Crippen molar-refractivity contribution in [3.8, 4) is 18.1 Å². The molecule has 1 N–H and O–H groups in total. The number of hydrogen-bond donors (Lipinski definition) is 1. The van der Waals surface area contributed by atoms with E-state index < -0.39 is 0 Å². The Labute approximate surface area is 90.5 Å². The van der Waals surface area contributed by atoms with Crippen LogP contribution in [0.4, 0.5) is 0 Å². The Bertz CT molecular complexity index is 405. The standard InChI is InChI=1S/C13H15NO/c1-3-9-14(2)12-8-7-11-10(12)5-4-6-13(11)15/h1,4-6,12,15H,7-9H2,2H3/t12-/m0/s1. The lowest BCUT2D eigenvalue weighted by Crippen LogP contribution is -2.23. The lowest BCUT2D eigenvalue weighted by atomic mass is 10.1. The molecule has 0 unspecified atom stereocenters. The Morgan fingerprint density at radius 3 is 3.13 bits per heavy atom. The van der Waals surface area contributed by atoms with Crippen molar-refractivity contribution in [1.29, 1.82) is 0 Å². The highest BCUT2D eigenvalue weighted by Gasteiger charge is 2.26. The van der Waals surface area contributed by atoms with Gasteiger partial charge in [0.15, 0.2) is 0 Å². The summed E-state index contributed by atoms with van der Waals surface area (Å²) in [5.41, 5.74) is 2.32. The van der Waals surface area contributed by atoms with E-state index in [1.807, 2.05) is 13.1 Å². The molecular formula is C13H15NO. The normalized spacial score (nSPS) is 18.9. The second kappa shape index (κ2) is 3.96. The number of phenolic OH excluding ortho intramolecular Hbond substituents is 1. The molecule has 1 aliphatic rings. The first-order chi connectivity index (χ1) is 7.24. The second-order valence-corrected chi connectivity index (χ2v) is 4.02. The van der Waals surface area contributed by atoms with Crippen LogP contribution in [0.1, 0.15) is 23.6 Å². The fourth-order valence-corrected chi connectivity index (χ4v) is 2.33. The summed E-state index contributed by atoms with van der Waals surface area (Å²) in [7, 11) is 2.03. The number of phenols is 1. The van der Waals surface area contributed by atoms with Crippen molar-refractivity contribution in [2.75, 3.05) is 13.6 Å². The Hall–Kier alpha value is -1.46. The third kappa shape index (κ3) is 1.71. The van der Waals surface area contributed by atoms with Gasteiger partial charge in [-0.2, -0.15) is 0 Å². The van der Waals surface area contributed by atoms with Crippen LogP contribution in [0.5, 0.6) is 5.75 Å². The summed E-state index contributed by atoms with van der Waals surface area (Å²) in [6.07, 6.45) is 7.30. The quantitative estimate of drug-likeness (QED) is 0.739. The Balaban J connectivity index is 2.29. The number of rotatable bonds is 2. The van der Waals surface area contributed by atoms with Gasteiger partial charge >= 0.3 is 0 Å². The molecule has 1 atom stereocenters. The molecule has 2 nitrogen and oxygen atoms in total. The van der Waals surface area contributed by atoms with Crippen LogP contribution >= 0.6 is 0 Å². The molecule has 0 radical (unpaired) electrons. The maximum atomic E-state index is 9.70. The number of nitrogens with zero attached hydrogens (tertiary/aromatic N) is 1. The van der Waals surface area contributed by atoms with E-state index >= 15 is 0 Å². The van der Waals surface area contributed by atoms with E-state index in [-0.39, 0.29) is 0 Å². The fourth-order valence-electron chi connectivity index (χ4n) is 2.33. The smallest absolute Gasteiger partial charge is 0.119 e. The summed E-state index contributed by atoms with van der Waals surface area (Å²) in [5.74, 6) is 3.07. The molecule has 0 saturated carbocycles. The van der Waals surface area contributed by atoms with Crippen LogP contribution in [0, 0.1) is 12.3 Å². The van der Waals surface area contributed by atoms with E-state index in [4.69, 9.17) is 6.42 Å². The van der Waals surface area contributed by atoms with Gasteiger partial charge in [0.2, 0.25) is 0 Å². The summed E-state index contributed by atoms with van der Waals surface area (Å²) in [5, 5.41) is 9.70. The zero-order valence-corrected chi connectivity index (χ0v) is 8.90. The van der Waals surface area contributed by atoms with Gasteiger partial charge in [0.1, 0.15) is 5.75 Å². The maximum Gasteiger partial charge on any atom is 0.119 e. The molecular weight excluding hydrogens is 186 g/mol. The van der Waals surface area contributed by atoms with E-state index in [9.17, 15) is 5.11 Å². The molecule has 0 bridgehead atoms. The number of benzene rings is 1. The molecule has 1 aromatic rings. The molecule has 15 heavy (non-hydrogen) atoms. The second-order valence-electron chi connectivity index (χ2n) is 4.02. The maximum absolute atomic E-state index is 9.70. The van der Waals surface area contributed by atoms with Gasteiger partial charge in [0.05, 0.1) is 6.54 Å². The average molecular weight is 201 g/mol. The Kier molecular flexibility index (Phi) is 2.66. The molecule has 0 heterocycles. The highest BCUT2D eigenvalue weighted by atomic mass is 16.3. The molecule has 0 fully saturated rings. The summed E-state index contributed by atoms with van der Waals surface area (Å²) in [4.78, 5) is 2.16. The molecule has 0 aromatic heterocycles. The Morgan fingerprint density at radius 1 is 1.60 bits per heavy atom. The van der Waals surface area contributed by atoms with Gasteiger partial charge in [-0.05, 0) is 37.1 Å². The third-order valence-corrected chi connectivity index (χ3v) is 3.09. The van der Waals surface area contributed by atoms with Gasteiger partial charge < -0.3 is 5.11 Å². The molecule has 2 heteroatoms. The van der Waals surface area contributed by atoms with E-state index in [1.54, 1.807) is 6.07 Å². The molecule has 78 valence electrons. The van der Waals surface area contributed by atoms with Crippen molar-refractivity contribution in [2.45, 2.75) is 18.9 Å². The van der Waals surface area contributed by atoms with Crippen LogP contribution < -0.4 is 0 Å². The first-order valence-corrected chi connectivity index (χ1v) is 5.18. The van der Waals surface area contributed by atoms with Gasteiger partial charge in [-0.3, -0.25) is 4.90 Å². The summed E-state index contributed by atoms with van der Waals surface area (Å²) in [6.45, 7) is 0.653. The first-order valence-electron chi connectivity index (χ1n) is 5.18. The van der Waals surface area contributed by atoms with Gasteiger partial charge in [-0.15, -0.1) is 6.42 Å². The third-order valence-electron chi connectivity index (χ3n) is 3.09. The Morgan fingerprint density at radius 2 is 2.40 bits per heavy atom. The summed E-state index contributed by atoms with van der Waals surface area (Å²) < 4.78 is 0. The minimum absolute atomic E-state index is 0.364. The van der Waals surface area contributed by atoms with E-state index in [2.05, 4.69) is 16.9 Å². The lowest BCUT2D eigenvalue weighted by molar-refractivity contribution is 0.274. The molecule has 1 aromatic carbocycles. The fraction of sp³-hybridized carbons (Fsp3) is 0.385. The minimum Gasteiger partial charge on any atom is -0.508 e. The monoisotopic (exact) mass is 201 g/mol. The van der Waals surface area contributed by atoms with Crippen molar-refractivity contribution >= 4 is 0 Å². The van der Waals surface area contributed by atoms with Crippen LogP contribution in [0.3, 0.4) is 0 Å². The predicted molar refractivity (Wildman–Crippen MR) is 60.6 cm³/mol. The van der Waals surface area contributed by atoms with Crippen molar-refractivity contribution in [1.82, 2.24) is 4.90 Å². The van der Waals surface area contributed by atoms with E-state index in [0.29, 0.717) is 18.3 Å². The molecule has 0 saturated heterocycles. The van der Waals surface area contributed by atoms with Gasteiger partial charge in [-0.1, -0.05) is 18.1 Å². The predicted octanol–water partition coefficient (Wildman–Crippen LogP) is 1.94. The lowest BCUT2D eigenvalue weighted by Gasteiger charge is -2.22. The summed E-state index contributed by atoms with van der Waals surface area (Å²) >= 11 is 0. The van der Waals surface area contributed by atoms with Crippen LogP contribution in [-0.2, 0) is 6.42 Å². The van der Waals surface area contributed by atoms with Crippen molar-refractivity contribution in [3.05, 3.63) is 29.3 Å². The van der Waals surface area contributed by atoms with Gasteiger partial charge in [0.25, 0.3) is 0 Å². The van der Waals surface area contributed by atoms with Crippen LogP contribution in [0.15, 0.2) is 18.2 Å². The molecule has 0 aliphatic heterocycles. The summed E-state index contributed by atoms with van der Waals surface area (Å²) in [6, 6.07) is 6.10. The van der Waals surface area contributed by atoms with Gasteiger partial charge in [0, 0.05) is 6.04 Å². The first kappa shape index (κ1) is 10.1. The zero-order chi connectivity index (χ0) is 10.8. The highest BCUT2D eigenvalue weighted by Crippen LogP contribution is 2.38. The highest BCUT2D eigenvalue weighted by molar-refractivity contribution is 5.44. The molecule has 1 aliphatic carbocycles. The minimum atomic E-state index is 0.364.